The smallest absolute Gasteiger partial charge is 0.316 e. The van der Waals surface area contributed by atoms with E-state index in [4.69, 9.17) is 18.9 Å². The van der Waals surface area contributed by atoms with Gasteiger partial charge in [0.15, 0.2) is 5.79 Å². The van der Waals surface area contributed by atoms with Crippen LogP contribution in [-0.2, 0) is 23.7 Å². The maximum atomic E-state index is 14.1. The highest BCUT2D eigenvalue weighted by Gasteiger charge is 2.60. The Morgan fingerprint density at radius 1 is 1.04 bits per heavy atom. The van der Waals surface area contributed by atoms with Crippen molar-refractivity contribution in [2.24, 2.45) is 28.8 Å². The number of fused-ring (bicyclic) bond motifs is 2. The van der Waals surface area contributed by atoms with Crippen molar-refractivity contribution in [3.05, 3.63) is 47.1 Å². The number of nitrogens with zero attached hydrogens (tertiary/aromatic N) is 1. The zero-order valence-electron chi connectivity index (χ0n) is 27.2. The van der Waals surface area contributed by atoms with Crippen molar-refractivity contribution in [2.45, 2.75) is 134 Å². The van der Waals surface area contributed by atoms with Gasteiger partial charge in [-0.25, -0.2) is 0 Å². The van der Waals surface area contributed by atoms with Gasteiger partial charge in [0.05, 0.1) is 24.9 Å². The van der Waals surface area contributed by atoms with Crippen LogP contribution in [0.15, 0.2) is 52.3 Å². The molecule has 0 aromatic carbocycles. The minimum Gasteiger partial charge on any atom is -0.462 e. The molecule has 0 unspecified atom stereocenters. The van der Waals surface area contributed by atoms with Gasteiger partial charge >= 0.3 is 5.97 Å². The van der Waals surface area contributed by atoms with Crippen LogP contribution >= 0.6 is 0 Å². The summed E-state index contributed by atoms with van der Waals surface area (Å²) in [7, 11) is 0. The summed E-state index contributed by atoms with van der Waals surface area (Å²) in [6.07, 6.45) is 15.9. The molecular formula is C36H51NO8. The zero-order valence-corrected chi connectivity index (χ0v) is 27.2. The van der Waals surface area contributed by atoms with Crippen molar-refractivity contribution >= 4 is 11.7 Å². The van der Waals surface area contributed by atoms with Gasteiger partial charge in [-0.05, 0) is 68.1 Å². The van der Waals surface area contributed by atoms with Gasteiger partial charge in [0.2, 0.25) is 0 Å². The highest BCUT2D eigenvalue weighted by molar-refractivity contribution is 6.06. The van der Waals surface area contributed by atoms with E-state index in [1.54, 1.807) is 25.2 Å². The number of hydrogen-bond donors (Lipinski definition) is 3. The molecular weight excluding hydrogens is 574 g/mol. The highest BCUT2D eigenvalue weighted by atomic mass is 16.7. The van der Waals surface area contributed by atoms with Gasteiger partial charge in [-0.3, -0.25) is 4.79 Å². The minimum atomic E-state index is -1.79. The molecule has 4 fully saturated rings. The fourth-order valence-electron chi connectivity index (χ4n) is 8.66. The lowest BCUT2D eigenvalue weighted by atomic mass is 9.71. The molecule has 1 spiro atoms. The average molecular weight is 626 g/mol. The molecule has 6 rings (SSSR count). The second kappa shape index (κ2) is 13.1. The van der Waals surface area contributed by atoms with Gasteiger partial charge in [-0.15, -0.1) is 0 Å². The molecule has 3 saturated heterocycles. The first-order valence-corrected chi connectivity index (χ1v) is 17.1. The van der Waals surface area contributed by atoms with Crippen LogP contribution in [0.2, 0.25) is 0 Å². The van der Waals surface area contributed by atoms with Gasteiger partial charge < -0.3 is 34.4 Å². The van der Waals surface area contributed by atoms with Crippen molar-refractivity contribution in [1.82, 2.24) is 0 Å². The summed E-state index contributed by atoms with van der Waals surface area (Å²) >= 11 is 0. The first-order chi connectivity index (χ1) is 21.5. The molecule has 4 heterocycles. The van der Waals surface area contributed by atoms with Gasteiger partial charge in [0, 0.05) is 25.2 Å². The maximum Gasteiger partial charge on any atom is 0.316 e. The molecule has 248 valence electrons. The standard InChI is InChI=1S/C36H51NO8/c1-21-9-8-12-26-20-42-33-30(37-41)24(4)17-29(36(26,33)40)34(39)43-28-18-27(14-13-22(2)31(21)38)44-35(19-28)16-15-23(3)32(45-35)25-10-6-5-7-11-25/h8-9,12-13,17,21,23,25,27-29,31-33,38,40-41H,5-7,10-11,14-16,18-20H2,1-4H3/b9-8+,22-13+,26-12?,37-30-/t21-,23-,27+,28-,29-,31-,32-,33+,35+,36+/m0/s1. The molecule has 0 amide bonds. The fraction of sp³-hybridized carbons (Fsp3) is 0.722. The minimum absolute atomic E-state index is 0.0579. The zero-order chi connectivity index (χ0) is 31.9. The Bertz CT molecular complexity index is 1280. The van der Waals surface area contributed by atoms with Crippen molar-refractivity contribution < 1.29 is 39.2 Å². The maximum absolute atomic E-state index is 14.1. The van der Waals surface area contributed by atoms with E-state index in [1.807, 2.05) is 26.0 Å². The molecule has 6 aliphatic rings. The summed E-state index contributed by atoms with van der Waals surface area (Å²) in [5.41, 5.74) is 0.289. The van der Waals surface area contributed by atoms with Crippen LogP contribution in [0.4, 0.5) is 0 Å². The van der Waals surface area contributed by atoms with E-state index in [0.29, 0.717) is 42.2 Å². The third-order valence-corrected chi connectivity index (χ3v) is 11.3. The predicted octanol–water partition coefficient (Wildman–Crippen LogP) is 5.53. The molecule has 3 N–H and O–H groups in total. The van der Waals surface area contributed by atoms with Crippen molar-refractivity contribution in [1.29, 1.82) is 0 Å². The van der Waals surface area contributed by atoms with Crippen molar-refractivity contribution in [3.63, 3.8) is 0 Å². The topological polar surface area (TPSA) is 127 Å². The van der Waals surface area contributed by atoms with Crippen LogP contribution in [0.25, 0.3) is 0 Å². The number of hydrogen-bond acceptors (Lipinski definition) is 9. The van der Waals surface area contributed by atoms with Crippen LogP contribution in [0.1, 0.15) is 91.9 Å². The first kappa shape index (κ1) is 32.6. The third-order valence-electron chi connectivity index (χ3n) is 11.3. The molecule has 10 atom stereocenters. The number of esters is 1. The normalized spacial score (nSPS) is 46.0. The molecule has 0 aromatic rings. The molecule has 0 aromatic heterocycles. The number of carbonyl (C=O) groups excluding carboxylic acids is 1. The summed E-state index contributed by atoms with van der Waals surface area (Å²) in [6.45, 7) is 7.95. The Balaban J connectivity index is 1.36. The Kier molecular flexibility index (Phi) is 9.48. The Morgan fingerprint density at radius 3 is 2.58 bits per heavy atom. The fourth-order valence-corrected chi connectivity index (χ4v) is 8.66. The number of aliphatic hydroxyl groups excluding tert-OH is 1. The van der Waals surface area contributed by atoms with Crippen LogP contribution in [0.3, 0.4) is 0 Å². The van der Waals surface area contributed by atoms with Crippen LogP contribution in [0, 0.1) is 23.7 Å². The molecule has 9 heteroatoms. The van der Waals surface area contributed by atoms with E-state index >= 15 is 0 Å². The van der Waals surface area contributed by atoms with Crippen LogP contribution in [-0.4, -0.2) is 75.6 Å². The van der Waals surface area contributed by atoms with Crippen molar-refractivity contribution in [2.75, 3.05) is 6.61 Å². The number of ether oxygens (including phenoxy) is 4. The predicted molar refractivity (Wildman–Crippen MR) is 168 cm³/mol. The second-order valence-corrected chi connectivity index (χ2v) is 14.5. The molecule has 0 radical (unpaired) electrons. The largest absolute Gasteiger partial charge is 0.462 e. The third kappa shape index (κ3) is 6.23. The molecule has 1 saturated carbocycles. The Hall–Kier alpha value is -2.30. The van der Waals surface area contributed by atoms with E-state index in [0.717, 1.165) is 18.4 Å². The van der Waals surface area contributed by atoms with E-state index in [1.165, 1.54) is 32.1 Å². The summed E-state index contributed by atoms with van der Waals surface area (Å²) in [5, 5.41) is 36.6. The Labute approximate surface area is 267 Å². The molecule has 2 aliphatic carbocycles. The number of carbonyl (C=O) groups is 1. The number of rotatable bonds is 1. The van der Waals surface area contributed by atoms with Crippen LogP contribution < -0.4 is 0 Å². The second-order valence-electron chi connectivity index (χ2n) is 14.5. The number of aliphatic hydroxyl groups is 2. The van der Waals surface area contributed by atoms with E-state index in [2.05, 4.69) is 12.1 Å². The average Bonchev–Trinajstić information content (AvgIpc) is 3.36. The van der Waals surface area contributed by atoms with E-state index in [9.17, 15) is 20.2 Å². The molecule has 2 bridgehead atoms. The van der Waals surface area contributed by atoms with Gasteiger partial charge in [0.25, 0.3) is 0 Å². The quantitative estimate of drug-likeness (QED) is 0.150. The summed E-state index contributed by atoms with van der Waals surface area (Å²) < 4.78 is 26.1. The number of oxime groups is 1. The lowest BCUT2D eigenvalue weighted by Gasteiger charge is -2.51. The monoisotopic (exact) mass is 625 g/mol. The summed E-state index contributed by atoms with van der Waals surface area (Å²) in [4.78, 5) is 14.1. The molecule has 45 heavy (non-hydrogen) atoms. The number of allylic oxidation sites excluding steroid dienone is 2. The SMILES string of the molecule is CC1=C[C@H]2C(=O)O[C@H]3C[C@@H](C/C=C(\C)[C@@H](O)[C@@H](C)/C=C/C=C4CO[C@H](/C1=N\O)[C@@]42O)O[C@@]1(CC[C@H](C)[C@@H](C2CCCCC2)O1)C3. The summed E-state index contributed by atoms with van der Waals surface area (Å²) in [6, 6.07) is 0. The van der Waals surface area contributed by atoms with E-state index in [-0.39, 0.29) is 30.4 Å². The van der Waals surface area contributed by atoms with E-state index < -0.39 is 41.6 Å². The molecule has 9 nitrogen and oxygen atoms in total. The molecule has 4 aliphatic heterocycles. The van der Waals surface area contributed by atoms with Gasteiger partial charge in [-0.2, -0.15) is 0 Å². The lowest BCUT2D eigenvalue weighted by molar-refractivity contribution is -0.342. The van der Waals surface area contributed by atoms with Crippen LogP contribution in [0.5, 0.6) is 0 Å². The summed E-state index contributed by atoms with van der Waals surface area (Å²) in [5.74, 6) is -1.74. The van der Waals surface area contributed by atoms with Gasteiger partial charge in [-0.1, -0.05) is 68.6 Å². The Morgan fingerprint density at radius 2 is 1.82 bits per heavy atom. The van der Waals surface area contributed by atoms with Crippen molar-refractivity contribution in [3.8, 4) is 0 Å². The first-order valence-electron chi connectivity index (χ1n) is 17.1. The highest BCUT2D eigenvalue weighted by Crippen LogP contribution is 2.48. The van der Waals surface area contributed by atoms with Gasteiger partial charge in [0.1, 0.15) is 29.4 Å². The lowest BCUT2D eigenvalue weighted by Crippen LogP contribution is -2.57.